The minimum atomic E-state index is -0.206. The van der Waals surface area contributed by atoms with Crippen molar-refractivity contribution in [3.05, 3.63) is 64.3 Å². The van der Waals surface area contributed by atoms with Gasteiger partial charge in [-0.25, -0.2) is 4.98 Å². The average molecular weight is 423 g/mol. The zero-order valence-electron chi connectivity index (χ0n) is 17.0. The van der Waals surface area contributed by atoms with E-state index in [1.54, 1.807) is 14.2 Å². The van der Waals surface area contributed by atoms with Gasteiger partial charge in [0.25, 0.3) is 0 Å². The molecule has 2 aromatic carbocycles. The van der Waals surface area contributed by atoms with Crippen molar-refractivity contribution >= 4 is 22.0 Å². The quantitative estimate of drug-likeness (QED) is 0.525. The Balaban J connectivity index is 1.70. The molecule has 30 heavy (non-hydrogen) atoms. The third-order valence-corrected chi connectivity index (χ3v) is 6.58. The van der Waals surface area contributed by atoms with E-state index in [4.69, 9.17) is 9.47 Å². The lowest BCUT2D eigenvalue weighted by molar-refractivity contribution is 0.354. The molecule has 2 aromatic heterocycles. The van der Waals surface area contributed by atoms with Crippen molar-refractivity contribution in [2.45, 2.75) is 19.4 Å². The van der Waals surface area contributed by atoms with Gasteiger partial charge in [-0.1, -0.05) is 35.6 Å². The highest BCUT2D eigenvalue weighted by molar-refractivity contribution is 7.17. The number of ether oxygens (including phenoxy) is 2. The van der Waals surface area contributed by atoms with Crippen LogP contribution < -0.4 is 14.4 Å². The molecule has 0 fully saturated rings. The van der Waals surface area contributed by atoms with E-state index in [1.807, 2.05) is 25.1 Å². The number of thiazole rings is 1. The smallest absolute Gasteiger partial charge is 0.230 e. The van der Waals surface area contributed by atoms with E-state index in [-0.39, 0.29) is 11.9 Å². The molecule has 0 aliphatic carbocycles. The lowest BCUT2D eigenvalue weighted by Gasteiger charge is -2.30. The normalized spacial score (nSPS) is 14.2. The fourth-order valence-corrected chi connectivity index (χ4v) is 5.29. The number of benzene rings is 2. The molecule has 0 bridgehead atoms. The minimum absolute atomic E-state index is 0.125. The number of methoxy groups -OCH3 is 2. The van der Waals surface area contributed by atoms with E-state index in [9.17, 15) is 5.11 Å². The van der Waals surface area contributed by atoms with E-state index < -0.39 is 0 Å². The van der Waals surface area contributed by atoms with Gasteiger partial charge in [0.1, 0.15) is 5.82 Å². The van der Waals surface area contributed by atoms with Crippen LogP contribution in [0.4, 0.5) is 5.69 Å². The Morgan fingerprint density at radius 1 is 1.10 bits per heavy atom. The first-order valence-corrected chi connectivity index (χ1v) is 10.5. The molecular formula is C22H22N4O3S. The number of aryl methyl sites for hydroxylation is 1. The van der Waals surface area contributed by atoms with Crippen LogP contribution in [0, 0.1) is 6.92 Å². The van der Waals surface area contributed by atoms with E-state index >= 15 is 0 Å². The van der Waals surface area contributed by atoms with Gasteiger partial charge in [-0.15, -0.1) is 5.10 Å². The summed E-state index contributed by atoms with van der Waals surface area (Å²) in [6.07, 6.45) is 0.959. The van der Waals surface area contributed by atoms with E-state index in [1.165, 1.54) is 27.1 Å². The lowest BCUT2D eigenvalue weighted by atomic mass is 10.0. The van der Waals surface area contributed by atoms with E-state index in [0.717, 1.165) is 23.4 Å². The van der Waals surface area contributed by atoms with Crippen LogP contribution in [0.15, 0.2) is 42.5 Å². The first-order chi connectivity index (χ1) is 14.6. The second-order valence-electron chi connectivity index (χ2n) is 7.23. The summed E-state index contributed by atoms with van der Waals surface area (Å²) in [5.41, 5.74) is 3.48. The van der Waals surface area contributed by atoms with Gasteiger partial charge in [0, 0.05) is 12.2 Å². The maximum atomic E-state index is 11.1. The van der Waals surface area contributed by atoms with Crippen LogP contribution in [0.1, 0.15) is 27.9 Å². The van der Waals surface area contributed by atoms with Crippen LogP contribution in [0.5, 0.6) is 17.4 Å². The van der Waals surface area contributed by atoms with Crippen LogP contribution >= 0.6 is 11.3 Å². The molecule has 7 nitrogen and oxygen atoms in total. The van der Waals surface area contributed by atoms with Gasteiger partial charge >= 0.3 is 0 Å². The summed E-state index contributed by atoms with van der Waals surface area (Å²) >= 11 is 1.46. The number of nitrogens with zero attached hydrogens (tertiary/aromatic N) is 4. The third kappa shape index (κ3) is 2.87. The third-order valence-electron chi connectivity index (χ3n) is 5.51. The number of aromatic nitrogens is 3. The number of anilines is 1. The summed E-state index contributed by atoms with van der Waals surface area (Å²) in [7, 11) is 3.25. The summed E-state index contributed by atoms with van der Waals surface area (Å²) in [6, 6.07) is 14.1. The van der Waals surface area contributed by atoms with Crippen molar-refractivity contribution in [1.29, 1.82) is 0 Å². The maximum Gasteiger partial charge on any atom is 0.230 e. The van der Waals surface area contributed by atoms with Crippen LogP contribution in [0.3, 0.4) is 0 Å². The van der Waals surface area contributed by atoms with Gasteiger partial charge in [0.05, 0.1) is 25.1 Å². The number of fused-ring (bicyclic) bond motifs is 2. The number of rotatable bonds is 5. The van der Waals surface area contributed by atoms with Crippen molar-refractivity contribution in [3.63, 3.8) is 0 Å². The SMILES string of the molecule is COc1ccc(C(c2sc3nc(C)nn3c2O)N2CCc3ccccc32)cc1OC. The van der Waals surface area contributed by atoms with Crippen LogP contribution in [-0.4, -0.2) is 40.5 Å². The molecule has 1 aliphatic rings. The molecule has 4 aromatic rings. The fraction of sp³-hybridized carbons (Fsp3) is 0.273. The summed E-state index contributed by atoms with van der Waals surface area (Å²) in [6.45, 7) is 2.67. The highest BCUT2D eigenvalue weighted by Gasteiger charge is 2.33. The van der Waals surface area contributed by atoms with E-state index in [0.29, 0.717) is 22.3 Å². The molecule has 0 radical (unpaired) electrons. The highest BCUT2D eigenvalue weighted by atomic mass is 32.1. The topological polar surface area (TPSA) is 72.1 Å². The Kier molecular flexibility index (Phi) is 4.51. The summed E-state index contributed by atoms with van der Waals surface area (Å²) in [4.78, 5) is 8.26. The second kappa shape index (κ2) is 7.21. The van der Waals surface area contributed by atoms with Gasteiger partial charge < -0.3 is 19.5 Å². The molecule has 0 saturated carbocycles. The molecule has 0 saturated heterocycles. The summed E-state index contributed by atoms with van der Waals surface area (Å²) in [5, 5.41) is 15.4. The Morgan fingerprint density at radius 2 is 1.90 bits per heavy atom. The fourth-order valence-electron chi connectivity index (χ4n) is 4.15. The Morgan fingerprint density at radius 3 is 2.67 bits per heavy atom. The predicted molar refractivity (Wildman–Crippen MR) is 116 cm³/mol. The number of aromatic hydroxyl groups is 1. The standard InChI is InChI=1S/C22H22N4O3S/c1-13-23-22-26(24-13)21(27)20(30-22)19(15-8-9-17(28-2)18(12-15)29-3)25-11-10-14-6-4-5-7-16(14)25/h4-9,12,19,27H,10-11H2,1-3H3. The lowest BCUT2D eigenvalue weighted by Crippen LogP contribution is -2.27. The summed E-state index contributed by atoms with van der Waals surface area (Å²) in [5.74, 6) is 2.09. The zero-order valence-corrected chi connectivity index (χ0v) is 17.8. The van der Waals surface area contributed by atoms with Crippen molar-refractivity contribution in [2.24, 2.45) is 0 Å². The molecule has 0 spiro atoms. The largest absolute Gasteiger partial charge is 0.493 e. The predicted octanol–water partition coefficient (Wildman–Crippen LogP) is 3.97. The molecule has 1 N–H and O–H groups in total. The molecule has 8 heteroatoms. The first-order valence-electron chi connectivity index (χ1n) is 9.72. The molecule has 154 valence electrons. The van der Waals surface area contributed by atoms with Crippen molar-refractivity contribution in [3.8, 4) is 17.4 Å². The van der Waals surface area contributed by atoms with Gasteiger partial charge in [0.15, 0.2) is 11.5 Å². The molecular weight excluding hydrogens is 400 g/mol. The van der Waals surface area contributed by atoms with Gasteiger partial charge in [0.2, 0.25) is 10.8 Å². The van der Waals surface area contributed by atoms with Crippen LogP contribution in [0.25, 0.3) is 4.96 Å². The van der Waals surface area contributed by atoms with E-state index in [2.05, 4.69) is 39.2 Å². The van der Waals surface area contributed by atoms with Crippen molar-refractivity contribution < 1.29 is 14.6 Å². The highest BCUT2D eigenvalue weighted by Crippen LogP contribution is 2.45. The molecule has 0 amide bonds. The molecule has 1 aliphatic heterocycles. The summed E-state index contributed by atoms with van der Waals surface area (Å²) < 4.78 is 12.5. The molecule has 1 unspecified atom stereocenters. The Hall–Kier alpha value is -3.26. The molecule has 3 heterocycles. The number of hydrogen-bond donors (Lipinski definition) is 1. The molecule has 1 atom stereocenters. The van der Waals surface area contributed by atoms with Crippen LogP contribution in [0.2, 0.25) is 0 Å². The average Bonchev–Trinajstić information content (AvgIpc) is 3.43. The first kappa shape index (κ1) is 18.7. The number of hydrogen-bond acceptors (Lipinski definition) is 7. The number of para-hydroxylation sites is 1. The Labute approximate surface area is 178 Å². The van der Waals surface area contributed by atoms with Crippen molar-refractivity contribution in [1.82, 2.24) is 14.6 Å². The van der Waals surface area contributed by atoms with Gasteiger partial charge in [-0.05, 0) is 42.7 Å². The monoisotopic (exact) mass is 422 g/mol. The molecule has 5 rings (SSSR count). The maximum absolute atomic E-state index is 11.1. The van der Waals surface area contributed by atoms with Crippen LogP contribution in [-0.2, 0) is 6.42 Å². The van der Waals surface area contributed by atoms with Gasteiger partial charge in [-0.2, -0.15) is 4.52 Å². The zero-order chi connectivity index (χ0) is 20.8. The van der Waals surface area contributed by atoms with Gasteiger partial charge in [-0.3, -0.25) is 0 Å². The van der Waals surface area contributed by atoms with Crippen molar-refractivity contribution in [2.75, 3.05) is 25.7 Å². The Bertz CT molecular complexity index is 1230. The minimum Gasteiger partial charge on any atom is -0.493 e. The second-order valence-corrected chi connectivity index (χ2v) is 8.24.